The molecule has 4 heteroatoms. The SMILES string of the molecule is CCNC(=O)c1cc2c(s1)-c1ccccc1OC2. The van der Waals surface area contributed by atoms with Gasteiger partial charge in [0.05, 0.1) is 4.88 Å². The number of fused-ring (bicyclic) bond motifs is 3. The Kier molecular flexibility index (Phi) is 2.80. The van der Waals surface area contributed by atoms with Crippen LogP contribution >= 0.6 is 11.3 Å². The Labute approximate surface area is 109 Å². The lowest BCUT2D eigenvalue weighted by Crippen LogP contribution is -2.21. The molecule has 0 aliphatic carbocycles. The Balaban J connectivity index is 2.04. The van der Waals surface area contributed by atoms with E-state index in [1.165, 1.54) is 11.3 Å². The predicted octanol–water partition coefficient (Wildman–Crippen LogP) is 3.06. The number of hydrogen-bond donors (Lipinski definition) is 1. The van der Waals surface area contributed by atoms with Crippen LogP contribution in [0.5, 0.6) is 5.75 Å². The Morgan fingerprint density at radius 2 is 2.28 bits per heavy atom. The van der Waals surface area contributed by atoms with Crippen LogP contribution in [0.1, 0.15) is 22.2 Å². The minimum atomic E-state index is -0.00520. The lowest BCUT2D eigenvalue weighted by Gasteiger charge is -2.16. The second-order valence-corrected chi connectivity index (χ2v) is 5.16. The molecule has 0 saturated carbocycles. The van der Waals surface area contributed by atoms with Gasteiger partial charge in [-0.3, -0.25) is 4.79 Å². The summed E-state index contributed by atoms with van der Waals surface area (Å²) in [6.07, 6.45) is 0. The van der Waals surface area contributed by atoms with Gasteiger partial charge in [-0.2, -0.15) is 0 Å². The molecule has 1 aromatic carbocycles. The number of hydrogen-bond acceptors (Lipinski definition) is 3. The van der Waals surface area contributed by atoms with Crippen LogP contribution in [0, 0.1) is 0 Å². The van der Waals surface area contributed by atoms with Crippen molar-refractivity contribution < 1.29 is 9.53 Å². The zero-order chi connectivity index (χ0) is 12.5. The smallest absolute Gasteiger partial charge is 0.261 e. The van der Waals surface area contributed by atoms with Gasteiger partial charge in [0.1, 0.15) is 12.4 Å². The quantitative estimate of drug-likeness (QED) is 0.900. The van der Waals surface area contributed by atoms with E-state index < -0.39 is 0 Å². The number of amides is 1. The van der Waals surface area contributed by atoms with Crippen molar-refractivity contribution in [2.24, 2.45) is 0 Å². The van der Waals surface area contributed by atoms with Crippen molar-refractivity contribution in [3.63, 3.8) is 0 Å². The minimum Gasteiger partial charge on any atom is -0.488 e. The van der Waals surface area contributed by atoms with Gasteiger partial charge in [0.15, 0.2) is 0 Å². The highest BCUT2D eigenvalue weighted by Gasteiger charge is 2.21. The molecule has 1 aromatic heterocycles. The summed E-state index contributed by atoms with van der Waals surface area (Å²) in [6, 6.07) is 9.88. The van der Waals surface area contributed by atoms with Crippen LogP contribution in [-0.4, -0.2) is 12.5 Å². The Morgan fingerprint density at radius 1 is 1.44 bits per heavy atom. The third-order valence-electron chi connectivity index (χ3n) is 2.88. The number of rotatable bonds is 2. The molecule has 0 saturated heterocycles. The summed E-state index contributed by atoms with van der Waals surface area (Å²) < 4.78 is 5.68. The topological polar surface area (TPSA) is 38.3 Å². The molecule has 3 rings (SSSR count). The van der Waals surface area contributed by atoms with Gasteiger partial charge in [-0.05, 0) is 25.1 Å². The summed E-state index contributed by atoms with van der Waals surface area (Å²) in [5, 5.41) is 2.83. The molecular weight excluding hydrogens is 246 g/mol. The molecule has 1 N–H and O–H groups in total. The molecule has 0 atom stereocenters. The van der Waals surface area contributed by atoms with Crippen molar-refractivity contribution in [1.29, 1.82) is 0 Å². The molecule has 1 amide bonds. The van der Waals surface area contributed by atoms with Gasteiger partial charge in [-0.15, -0.1) is 11.3 Å². The van der Waals surface area contributed by atoms with Gasteiger partial charge in [0.2, 0.25) is 0 Å². The van der Waals surface area contributed by atoms with Gasteiger partial charge in [0.25, 0.3) is 5.91 Å². The van der Waals surface area contributed by atoms with Crippen molar-refractivity contribution in [3.05, 3.63) is 40.8 Å². The van der Waals surface area contributed by atoms with E-state index in [1.54, 1.807) is 0 Å². The average Bonchev–Trinajstić information content (AvgIpc) is 2.83. The molecule has 2 heterocycles. The summed E-state index contributed by atoms with van der Waals surface area (Å²) in [5.74, 6) is 0.892. The first-order valence-corrected chi connectivity index (χ1v) is 6.74. The number of benzene rings is 1. The molecule has 1 aliphatic heterocycles. The largest absolute Gasteiger partial charge is 0.488 e. The van der Waals surface area contributed by atoms with Gasteiger partial charge in [-0.1, -0.05) is 12.1 Å². The monoisotopic (exact) mass is 259 g/mol. The predicted molar refractivity (Wildman–Crippen MR) is 72.1 cm³/mol. The molecule has 2 aromatic rings. The molecule has 0 radical (unpaired) electrons. The van der Waals surface area contributed by atoms with Crippen molar-refractivity contribution in [1.82, 2.24) is 5.32 Å². The summed E-state index contributed by atoms with van der Waals surface area (Å²) in [6.45, 7) is 3.11. The second-order valence-electron chi connectivity index (χ2n) is 4.11. The number of carbonyl (C=O) groups is 1. The molecule has 0 fully saturated rings. The van der Waals surface area contributed by atoms with Crippen molar-refractivity contribution in [2.75, 3.05) is 6.54 Å². The van der Waals surface area contributed by atoms with Crippen LogP contribution in [0.4, 0.5) is 0 Å². The number of carbonyl (C=O) groups excluding carboxylic acids is 1. The molecule has 92 valence electrons. The maximum absolute atomic E-state index is 11.8. The molecule has 0 unspecified atom stereocenters. The first kappa shape index (κ1) is 11.3. The Bertz CT molecular complexity index is 604. The first-order chi connectivity index (χ1) is 8.79. The molecule has 0 spiro atoms. The number of para-hydroxylation sites is 1. The lowest BCUT2D eigenvalue weighted by atomic mass is 10.1. The van der Waals surface area contributed by atoms with Crippen LogP contribution in [0.2, 0.25) is 0 Å². The first-order valence-electron chi connectivity index (χ1n) is 5.92. The normalized spacial score (nSPS) is 12.3. The molecule has 0 bridgehead atoms. The van der Waals surface area contributed by atoms with E-state index >= 15 is 0 Å². The maximum Gasteiger partial charge on any atom is 0.261 e. The van der Waals surface area contributed by atoms with Crippen molar-refractivity contribution >= 4 is 17.2 Å². The Hall–Kier alpha value is -1.81. The minimum absolute atomic E-state index is 0.00520. The van der Waals surface area contributed by atoms with E-state index in [2.05, 4.69) is 5.32 Å². The van der Waals surface area contributed by atoms with Crippen LogP contribution < -0.4 is 10.1 Å². The van der Waals surface area contributed by atoms with Gasteiger partial charge in [0, 0.05) is 22.5 Å². The van der Waals surface area contributed by atoms with Gasteiger partial charge < -0.3 is 10.1 Å². The van der Waals surface area contributed by atoms with Crippen LogP contribution in [0.25, 0.3) is 10.4 Å². The molecule has 3 nitrogen and oxygen atoms in total. The summed E-state index contributed by atoms with van der Waals surface area (Å²) in [5.41, 5.74) is 2.18. The third kappa shape index (κ3) is 1.78. The highest BCUT2D eigenvalue weighted by atomic mass is 32.1. The van der Waals surface area contributed by atoms with E-state index in [0.717, 1.165) is 26.6 Å². The van der Waals surface area contributed by atoms with Crippen molar-refractivity contribution in [2.45, 2.75) is 13.5 Å². The van der Waals surface area contributed by atoms with E-state index in [-0.39, 0.29) is 5.91 Å². The zero-order valence-corrected chi connectivity index (χ0v) is 10.8. The second kappa shape index (κ2) is 4.46. The maximum atomic E-state index is 11.8. The van der Waals surface area contributed by atoms with Crippen LogP contribution in [0.15, 0.2) is 30.3 Å². The zero-order valence-electron chi connectivity index (χ0n) is 10.0. The fraction of sp³-hybridized carbons (Fsp3) is 0.214. The van der Waals surface area contributed by atoms with E-state index in [1.807, 2.05) is 37.3 Å². The molecular formula is C14H13NO2S. The molecule has 18 heavy (non-hydrogen) atoms. The summed E-state index contributed by atoms with van der Waals surface area (Å²) in [7, 11) is 0. The van der Waals surface area contributed by atoms with Gasteiger partial charge >= 0.3 is 0 Å². The van der Waals surface area contributed by atoms with E-state index in [0.29, 0.717) is 13.2 Å². The van der Waals surface area contributed by atoms with E-state index in [4.69, 9.17) is 4.74 Å². The summed E-state index contributed by atoms with van der Waals surface area (Å²) >= 11 is 1.53. The fourth-order valence-electron chi connectivity index (χ4n) is 2.06. The number of thiophene rings is 1. The highest BCUT2D eigenvalue weighted by molar-refractivity contribution is 7.17. The van der Waals surface area contributed by atoms with E-state index in [9.17, 15) is 4.79 Å². The van der Waals surface area contributed by atoms with Crippen LogP contribution in [0.3, 0.4) is 0 Å². The standard InChI is InChI=1S/C14H13NO2S/c1-2-15-14(16)12-7-9-8-17-11-6-4-3-5-10(11)13(9)18-12/h3-7H,2,8H2,1H3,(H,15,16). The molecule has 1 aliphatic rings. The van der Waals surface area contributed by atoms with Crippen molar-refractivity contribution in [3.8, 4) is 16.2 Å². The third-order valence-corrected chi connectivity index (χ3v) is 4.09. The number of nitrogens with one attached hydrogen (secondary N) is 1. The summed E-state index contributed by atoms with van der Waals surface area (Å²) in [4.78, 5) is 13.7. The highest BCUT2D eigenvalue weighted by Crippen LogP contribution is 2.42. The van der Waals surface area contributed by atoms with Crippen LogP contribution in [-0.2, 0) is 6.61 Å². The lowest BCUT2D eigenvalue weighted by molar-refractivity contribution is 0.0960. The number of ether oxygens (including phenoxy) is 1. The Morgan fingerprint density at radius 3 is 3.11 bits per heavy atom. The average molecular weight is 259 g/mol. The van der Waals surface area contributed by atoms with Gasteiger partial charge in [-0.25, -0.2) is 0 Å². The fourth-order valence-corrected chi connectivity index (χ4v) is 3.17.